The minimum atomic E-state index is 0.0639. The highest BCUT2D eigenvalue weighted by molar-refractivity contribution is 5.76. The molecule has 0 aliphatic carbocycles. The number of aryl methyl sites for hydroxylation is 1. The summed E-state index contributed by atoms with van der Waals surface area (Å²) in [6.07, 6.45) is 0.451. The normalized spacial score (nSPS) is 12.5. The lowest BCUT2D eigenvalue weighted by Crippen LogP contribution is -2.41. The highest BCUT2D eigenvalue weighted by Gasteiger charge is 2.17. The molecule has 1 unspecified atom stereocenters. The molecule has 0 fully saturated rings. The van der Waals surface area contributed by atoms with E-state index in [9.17, 15) is 4.79 Å². The highest BCUT2D eigenvalue weighted by atomic mass is 16.1. The monoisotopic (exact) mass is 263 g/mol. The number of hydrogen-bond acceptors (Lipinski definition) is 3. The van der Waals surface area contributed by atoms with Crippen molar-refractivity contribution in [2.75, 3.05) is 20.1 Å². The third kappa shape index (κ3) is 5.41. The number of rotatable bonds is 7. The average molecular weight is 263 g/mol. The summed E-state index contributed by atoms with van der Waals surface area (Å²) in [5.74, 6) is 0.0639. The van der Waals surface area contributed by atoms with Crippen molar-refractivity contribution in [2.24, 2.45) is 5.73 Å². The van der Waals surface area contributed by atoms with Crippen LogP contribution >= 0.6 is 0 Å². The van der Waals surface area contributed by atoms with Crippen molar-refractivity contribution in [1.82, 2.24) is 10.2 Å². The lowest BCUT2D eigenvalue weighted by atomic mass is 10.1. The van der Waals surface area contributed by atoms with Gasteiger partial charge in [0.25, 0.3) is 0 Å². The zero-order valence-electron chi connectivity index (χ0n) is 12.1. The quantitative estimate of drug-likeness (QED) is 0.779. The molecule has 1 aromatic rings. The fraction of sp³-hybridized carbons (Fsp3) is 0.533. The Labute approximate surface area is 116 Å². The number of likely N-dealkylation sites (N-methyl/N-ethyl adjacent to an activating group) is 1. The van der Waals surface area contributed by atoms with Crippen LogP contribution in [0.5, 0.6) is 0 Å². The Bertz CT molecular complexity index is 406. The van der Waals surface area contributed by atoms with Crippen molar-refractivity contribution in [3.63, 3.8) is 0 Å². The summed E-state index contributed by atoms with van der Waals surface area (Å²) >= 11 is 0. The van der Waals surface area contributed by atoms with Crippen LogP contribution in [0.15, 0.2) is 24.3 Å². The molecule has 0 aromatic heterocycles. The molecule has 1 rings (SSSR count). The Kier molecular flexibility index (Phi) is 6.53. The molecule has 4 nitrogen and oxygen atoms in total. The van der Waals surface area contributed by atoms with Gasteiger partial charge in [-0.2, -0.15) is 0 Å². The molecule has 0 aliphatic heterocycles. The largest absolute Gasteiger partial charge is 0.356 e. The summed E-state index contributed by atoms with van der Waals surface area (Å²) in [7, 11) is 2.01. The fourth-order valence-corrected chi connectivity index (χ4v) is 2.13. The van der Waals surface area contributed by atoms with E-state index >= 15 is 0 Å². The van der Waals surface area contributed by atoms with Crippen LogP contribution in [0.2, 0.25) is 0 Å². The van der Waals surface area contributed by atoms with E-state index in [2.05, 4.69) is 41.4 Å². The van der Waals surface area contributed by atoms with E-state index in [0.717, 1.165) is 6.54 Å². The maximum absolute atomic E-state index is 11.6. The maximum Gasteiger partial charge on any atom is 0.221 e. The van der Waals surface area contributed by atoms with Gasteiger partial charge in [-0.3, -0.25) is 9.69 Å². The molecule has 0 aliphatic rings. The molecule has 4 heteroatoms. The van der Waals surface area contributed by atoms with Crippen molar-refractivity contribution in [2.45, 2.75) is 32.9 Å². The van der Waals surface area contributed by atoms with Crippen LogP contribution in [-0.4, -0.2) is 37.0 Å². The molecule has 106 valence electrons. The Morgan fingerprint density at radius 3 is 2.79 bits per heavy atom. The Balaban J connectivity index is 2.58. The summed E-state index contributed by atoms with van der Waals surface area (Å²) in [6.45, 7) is 5.96. The van der Waals surface area contributed by atoms with Crippen LogP contribution in [0.3, 0.4) is 0 Å². The summed E-state index contributed by atoms with van der Waals surface area (Å²) in [6, 6.07) is 8.48. The van der Waals surface area contributed by atoms with E-state index in [1.807, 2.05) is 14.0 Å². The van der Waals surface area contributed by atoms with E-state index in [-0.39, 0.29) is 11.9 Å². The standard InChI is InChI=1S/C15H25N3O/c1-4-17-15(19)9-14(10-16)18(3)11-13-7-5-6-12(2)8-13/h5-8,14H,4,9-11,16H2,1-3H3,(H,17,19). The first-order valence-electron chi connectivity index (χ1n) is 6.79. The van der Waals surface area contributed by atoms with Crippen LogP contribution in [0.4, 0.5) is 0 Å². The Morgan fingerprint density at radius 2 is 2.21 bits per heavy atom. The molecule has 0 saturated heterocycles. The van der Waals surface area contributed by atoms with E-state index in [1.165, 1.54) is 11.1 Å². The van der Waals surface area contributed by atoms with Crippen molar-refractivity contribution in [3.8, 4) is 0 Å². The predicted octanol–water partition coefficient (Wildman–Crippen LogP) is 1.28. The summed E-state index contributed by atoms with van der Waals surface area (Å²) in [5, 5.41) is 2.82. The summed E-state index contributed by atoms with van der Waals surface area (Å²) in [4.78, 5) is 13.8. The number of nitrogens with zero attached hydrogens (tertiary/aromatic N) is 1. The maximum atomic E-state index is 11.6. The van der Waals surface area contributed by atoms with Crippen LogP contribution in [0, 0.1) is 6.92 Å². The van der Waals surface area contributed by atoms with Crippen LogP contribution in [0.25, 0.3) is 0 Å². The summed E-state index contributed by atoms with van der Waals surface area (Å²) in [5.41, 5.74) is 8.28. The van der Waals surface area contributed by atoms with Gasteiger partial charge in [0.1, 0.15) is 0 Å². The average Bonchev–Trinajstić information content (AvgIpc) is 2.36. The lowest BCUT2D eigenvalue weighted by molar-refractivity contribution is -0.122. The number of amides is 1. The van der Waals surface area contributed by atoms with E-state index in [4.69, 9.17) is 5.73 Å². The Hall–Kier alpha value is -1.39. The van der Waals surface area contributed by atoms with E-state index in [0.29, 0.717) is 19.5 Å². The number of nitrogens with two attached hydrogens (primary N) is 1. The second-order valence-electron chi connectivity index (χ2n) is 4.95. The van der Waals surface area contributed by atoms with Crippen LogP contribution in [-0.2, 0) is 11.3 Å². The smallest absolute Gasteiger partial charge is 0.221 e. The number of hydrogen-bond donors (Lipinski definition) is 2. The van der Waals surface area contributed by atoms with Gasteiger partial charge in [0.05, 0.1) is 0 Å². The fourth-order valence-electron chi connectivity index (χ4n) is 2.13. The van der Waals surface area contributed by atoms with Crippen LogP contribution < -0.4 is 11.1 Å². The topological polar surface area (TPSA) is 58.4 Å². The predicted molar refractivity (Wildman–Crippen MR) is 78.8 cm³/mol. The van der Waals surface area contributed by atoms with Gasteiger partial charge in [-0.25, -0.2) is 0 Å². The first kappa shape index (κ1) is 15.7. The molecule has 1 amide bonds. The second-order valence-corrected chi connectivity index (χ2v) is 4.95. The van der Waals surface area contributed by atoms with E-state index < -0.39 is 0 Å². The Morgan fingerprint density at radius 1 is 1.47 bits per heavy atom. The molecule has 0 bridgehead atoms. The zero-order chi connectivity index (χ0) is 14.3. The highest BCUT2D eigenvalue weighted by Crippen LogP contribution is 2.10. The van der Waals surface area contributed by atoms with Crippen molar-refractivity contribution < 1.29 is 4.79 Å². The molecule has 0 heterocycles. The van der Waals surface area contributed by atoms with Crippen molar-refractivity contribution >= 4 is 5.91 Å². The van der Waals surface area contributed by atoms with Gasteiger partial charge in [-0.15, -0.1) is 0 Å². The van der Waals surface area contributed by atoms with Gasteiger partial charge < -0.3 is 11.1 Å². The number of benzene rings is 1. The molecule has 0 saturated carbocycles. The minimum absolute atomic E-state index is 0.0639. The van der Waals surface area contributed by atoms with E-state index in [1.54, 1.807) is 0 Å². The first-order valence-corrected chi connectivity index (χ1v) is 6.79. The number of carbonyl (C=O) groups is 1. The number of nitrogens with one attached hydrogen (secondary N) is 1. The van der Waals surface area contributed by atoms with Crippen LogP contribution in [0.1, 0.15) is 24.5 Å². The molecule has 1 atom stereocenters. The van der Waals surface area contributed by atoms with Gasteiger partial charge >= 0.3 is 0 Å². The van der Waals surface area contributed by atoms with Gasteiger partial charge in [0, 0.05) is 32.1 Å². The third-order valence-electron chi connectivity index (χ3n) is 3.20. The molecule has 1 aromatic carbocycles. The van der Waals surface area contributed by atoms with Gasteiger partial charge in [-0.05, 0) is 26.5 Å². The van der Waals surface area contributed by atoms with Gasteiger partial charge in [-0.1, -0.05) is 29.8 Å². The van der Waals surface area contributed by atoms with Gasteiger partial charge in [0.2, 0.25) is 5.91 Å². The minimum Gasteiger partial charge on any atom is -0.356 e. The third-order valence-corrected chi connectivity index (χ3v) is 3.20. The van der Waals surface area contributed by atoms with Crippen molar-refractivity contribution in [3.05, 3.63) is 35.4 Å². The second kappa shape index (κ2) is 7.92. The number of carbonyl (C=O) groups excluding carboxylic acids is 1. The molecule has 3 N–H and O–H groups in total. The SMILES string of the molecule is CCNC(=O)CC(CN)N(C)Cc1cccc(C)c1. The van der Waals surface area contributed by atoms with Gasteiger partial charge in [0.15, 0.2) is 0 Å². The zero-order valence-corrected chi connectivity index (χ0v) is 12.1. The van der Waals surface area contributed by atoms with Crippen molar-refractivity contribution in [1.29, 1.82) is 0 Å². The molecule has 0 radical (unpaired) electrons. The lowest BCUT2D eigenvalue weighted by Gasteiger charge is -2.26. The molecular weight excluding hydrogens is 238 g/mol. The first-order chi connectivity index (χ1) is 9.06. The molecule has 19 heavy (non-hydrogen) atoms. The molecule has 0 spiro atoms. The molecular formula is C15H25N3O. The summed E-state index contributed by atoms with van der Waals surface area (Å²) < 4.78 is 0.